The predicted octanol–water partition coefficient (Wildman–Crippen LogP) is 4.12. The molecule has 1 aliphatic heterocycles. The summed E-state index contributed by atoms with van der Waals surface area (Å²) in [6.07, 6.45) is 1.53. The summed E-state index contributed by atoms with van der Waals surface area (Å²) in [6, 6.07) is 0. The van der Waals surface area contributed by atoms with Crippen LogP contribution in [0.2, 0.25) is 0 Å². The Balaban J connectivity index is 1.31. The van der Waals surface area contributed by atoms with Gasteiger partial charge in [0.1, 0.15) is 18.3 Å². The lowest BCUT2D eigenvalue weighted by Crippen LogP contribution is -2.67. The van der Waals surface area contributed by atoms with Crippen molar-refractivity contribution in [2.45, 2.75) is 143 Å². The van der Waals surface area contributed by atoms with E-state index in [1.54, 1.807) is 0 Å². The molecule has 10 nitrogen and oxygen atoms in total. The summed E-state index contributed by atoms with van der Waals surface area (Å²) in [4.78, 5) is 24.7. The zero-order chi connectivity index (χ0) is 33.8. The van der Waals surface area contributed by atoms with Gasteiger partial charge in [0.05, 0.1) is 18.1 Å². The van der Waals surface area contributed by atoms with E-state index in [9.17, 15) is 40.2 Å². The van der Waals surface area contributed by atoms with Crippen LogP contribution in [-0.2, 0) is 19.1 Å². The Morgan fingerprint density at radius 2 is 1.54 bits per heavy atom. The van der Waals surface area contributed by atoms with Gasteiger partial charge in [-0.15, -0.1) is 0 Å². The van der Waals surface area contributed by atoms with Crippen molar-refractivity contribution in [3.63, 3.8) is 0 Å². The van der Waals surface area contributed by atoms with E-state index in [1.807, 2.05) is 6.92 Å². The van der Waals surface area contributed by atoms with Crippen molar-refractivity contribution in [2.24, 2.45) is 50.2 Å². The lowest BCUT2D eigenvalue weighted by Gasteiger charge is -2.71. The maximum absolute atomic E-state index is 12.9. The maximum atomic E-state index is 12.9. The van der Waals surface area contributed by atoms with E-state index in [0.29, 0.717) is 18.8 Å². The first-order chi connectivity index (χ1) is 21.3. The molecule has 0 radical (unpaired) electrons. The van der Waals surface area contributed by atoms with Crippen molar-refractivity contribution in [3.05, 3.63) is 11.6 Å². The molecule has 0 aromatic rings. The zero-order valence-corrected chi connectivity index (χ0v) is 28.4. The number of carbonyl (C=O) groups is 2. The third-order valence-electron chi connectivity index (χ3n) is 15.3. The van der Waals surface area contributed by atoms with E-state index >= 15 is 0 Å². The number of ether oxygens (including phenoxy) is 2. The SMILES string of the molecule is CC1(C)CC[C@]2(C(=O)O)CC[C@]3(C)C(=CC[C@@H]4[C@@]5(C)CC[C@H](O[C@@H]6O[C@H](C(=O)O)[C@@H](O)[C@H](O)[C@H]6O)[C@@](C)(CO)[C@@H]5CC[C@]43C)[C@@H]2C1. The van der Waals surface area contributed by atoms with Crippen LogP contribution in [0.25, 0.3) is 0 Å². The third-order valence-corrected chi connectivity index (χ3v) is 15.3. The normalized spacial score (nSPS) is 53.1. The molecule has 4 saturated carbocycles. The summed E-state index contributed by atoms with van der Waals surface area (Å²) in [7, 11) is 0. The number of carboxylic acids is 2. The Hall–Kier alpha value is -1.56. The van der Waals surface area contributed by atoms with Crippen LogP contribution < -0.4 is 0 Å². The molecule has 5 fully saturated rings. The summed E-state index contributed by atoms with van der Waals surface area (Å²) >= 11 is 0. The summed E-state index contributed by atoms with van der Waals surface area (Å²) < 4.78 is 11.8. The topological polar surface area (TPSA) is 174 Å². The van der Waals surface area contributed by atoms with Crippen molar-refractivity contribution in [3.8, 4) is 0 Å². The Morgan fingerprint density at radius 3 is 2.17 bits per heavy atom. The van der Waals surface area contributed by atoms with Gasteiger partial charge in [0.25, 0.3) is 0 Å². The quantitative estimate of drug-likeness (QED) is 0.188. The first kappa shape index (κ1) is 34.3. The molecular formula is C36H56O10. The molecule has 0 unspecified atom stereocenters. The number of allylic oxidation sites excluding steroid dienone is 2. The van der Waals surface area contributed by atoms with Gasteiger partial charge >= 0.3 is 11.9 Å². The Morgan fingerprint density at radius 1 is 0.870 bits per heavy atom. The molecule has 1 saturated heterocycles. The standard InChI is InChI=1S/C36H56O10/c1-31(2)13-15-36(30(43)44)16-14-34(5)19(20(36)17-31)7-8-22-32(3)11-10-23(33(4,18-37)21(32)9-12-35(22,34)6)45-29-26(40)24(38)25(39)27(46-29)28(41)42/h7,20-27,29,37-40H,8-18H2,1-6H3,(H,41,42)(H,43,44)/t20-,21+,22+,23-,24-,25-,26+,27-,29+,32-,33-,34+,35+,36-/m0/s1. The number of fused-ring (bicyclic) bond motifs is 7. The van der Waals surface area contributed by atoms with Gasteiger partial charge in [0.15, 0.2) is 12.4 Å². The second-order valence-electron chi connectivity index (χ2n) is 17.7. The van der Waals surface area contributed by atoms with Crippen molar-refractivity contribution in [2.75, 3.05) is 6.61 Å². The first-order valence-electron chi connectivity index (χ1n) is 17.4. The number of aliphatic hydroxyl groups excluding tert-OH is 4. The van der Waals surface area contributed by atoms with E-state index in [0.717, 1.165) is 51.4 Å². The minimum absolute atomic E-state index is 0.0352. The summed E-state index contributed by atoms with van der Waals surface area (Å²) in [5.74, 6) is -1.70. The molecule has 1 heterocycles. The van der Waals surface area contributed by atoms with Crippen molar-refractivity contribution in [1.29, 1.82) is 0 Å². The molecule has 14 atom stereocenters. The molecular weight excluding hydrogens is 592 g/mol. The van der Waals surface area contributed by atoms with Crippen LogP contribution in [0.15, 0.2) is 11.6 Å². The Kier molecular flexibility index (Phi) is 8.18. The molecule has 10 heteroatoms. The number of hydrogen-bond donors (Lipinski definition) is 6. The number of aliphatic hydroxyl groups is 4. The van der Waals surface area contributed by atoms with Gasteiger partial charge in [0.2, 0.25) is 0 Å². The molecule has 6 rings (SSSR count). The van der Waals surface area contributed by atoms with Gasteiger partial charge in [-0.1, -0.05) is 53.2 Å². The summed E-state index contributed by atoms with van der Waals surface area (Å²) in [5, 5.41) is 62.4. The lowest BCUT2D eigenvalue weighted by atomic mass is 9.33. The largest absolute Gasteiger partial charge is 0.481 e. The van der Waals surface area contributed by atoms with Crippen LogP contribution in [0.5, 0.6) is 0 Å². The van der Waals surface area contributed by atoms with Gasteiger partial charge in [-0.05, 0) is 104 Å². The van der Waals surface area contributed by atoms with Crippen LogP contribution in [0, 0.1) is 50.2 Å². The number of rotatable bonds is 5. The van der Waals surface area contributed by atoms with E-state index in [1.165, 1.54) is 5.57 Å². The molecule has 0 amide bonds. The third kappa shape index (κ3) is 4.56. The monoisotopic (exact) mass is 648 g/mol. The van der Waals surface area contributed by atoms with Gasteiger partial charge < -0.3 is 40.1 Å². The van der Waals surface area contributed by atoms with Crippen molar-refractivity contribution in [1.82, 2.24) is 0 Å². The first-order valence-corrected chi connectivity index (χ1v) is 17.4. The zero-order valence-electron chi connectivity index (χ0n) is 28.4. The van der Waals surface area contributed by atoms with Gasteiger partial charge in [-0.25, -0.2) is 4.79 Å². The number of hydrogen-bond acceptors (Lipinski definition) is 8. The molecule has 6 aliphatic rings. The highest BCUT2D eigenvalue weighted by atomic mass is 16.7. The molecule has 46 heavy (non-hydrogen) atoms. The van der Waals surface area contributed by atoms with Crippen LogP contribution in [0.1, 0.15) is 106 Å². The van der Waals surface area contributed by atoms with Crippen LogP contribution >= 0.6 is 0 Å². The summed E-state index contributed by atoms with van der Waals surface area (Å²) in [5.41, 5.74) is -0.309. The van der Waals surface area contributed by atoms with Crippen LogP contribution in [0.3, 0.4) is 0 Å². The van der Waals surface area contributed by atoms with E-state index in [-0.39, 0.29) is 40.1 Å². The van der Waals surface area contributed by atoms with Gasteiger partial charge in [-0.2, -0.15) is 0 Å². The average Bonchev–Trinajstić information content (AvgIpc) is 2.98. The molecule has 0 spiro atoms. The van der Waals surface area contributed by atoms with E-state index < -0.39 is 59.6 Å². The Bertz CT molecular complexity index is 1280. The second-order valence-corrected chi connectivity index (χ2v) is 17.7. The molecule has 5 aliphatic carbocycles. The fourth-order valence-corrected chi connectivity index (χ4v) is 12.2. The van der Waals surface area contributed by atoms with Gasteiger partial charge in [0, 0.05) is 5.41 Å². The number of aliphatic carboxylic acids is 2. The molecule has 260 valence electrons. The average molecular weight is 649 g/mol. The molecule has 0 aromatic heterocycles. The highest BCUT2D eigenvalue weighted by Gasteiger charge is 2.70. The maximum Gasteiger partial charge on any atom is 0.335 e. The lowest BCUT2D eigenvalue weighted by molar-refractivity contribution is -0.327. The van der Waals surface area contributed by atoms with Gasteiger partial charge in [-0.3, -0.25) is 4.79 Å². The summed E-state index contributed by atoms with van der Waals surface area (Å²) in [6.45, 7) is 13.6. The number of carboxylic acid groups (broad SMARTS) is 2. The minimum atomic E-state index is -1.80. The molecule has 0 aromatic carbocycles. The smallest absolute Gasteiger partial charge is 0.335 e. The Labute approximate surface area is 272 Å². The fourth-order valence-electron chi connectivity index (χ4n) is 12.2. The van der Waals surface area contributed by atoms with E-state index in [2.05, 4.69) is 40.7 Å². The predicted molar refractivity (Wildman–Crippen MR) is 167 cm³/mol. The minimum Gasteiger partial charge on any atom is -0.481 e. The van der Waals surface area contributed by atoms with Crippen molar-refractivity contribution >= 4 is 11.9 Å². The second kappa shape index (κ2) is 11.0. The highest BCUT2D eigenvalue weighted by Crippen LogP contribution is 2.76. The van der Waals surface area contributed by atoms with Crippen LogP contribution in [0.4, 0.5) is 0 Å². The van der Waals surface area contributed by atoms with E-state index in [4.69, 9.17) is 9.47 Å². The van der Waals surface area contributed by atoms with Crippen molar-refractivity contribution < 1.29 is 49.7 Å². The fraction of sp³-hybridized carbons (Fsp3) is 0.889. The van der Waals surface area contributed by atoms with Crippen LogP contribution in [-0.4, -0.2) is 86.0 Å². The highest BCUT2D eigenvalue weighted by molar-refractivity contribution is 5.76. The molecule has 0 bridgehead atoms. The molecule has 6 N–H and O–H groups in total.